The molecule has 2 nitrogen and oxygen atoms in total. The molecule has 0 radical (unpaired) electrons. The van der Waals surface area contributed by atoms with E-state index in [2.05, 4.69) is 7.05 Å². The van der Waals surface area contributed by atoms with Gasteiger partial charge in [0.1, 0.15) is 0 Å². The van der Waals surface area contributed by atoms with E-state index in [4.69, 9.17) is 5.73 Å². The topological polar surface area (TPSA) is 42.6 Å². The molecule has 0 spiro atoms. The van der Waals surface area contributed by atoms with Gasteiger partial charge in [0, 0.05) is 2.85 Å². The van der Waals surface area contributed by atoms with Crippen molar-refractivity contribution in [3.63, 3.8) is 0 Å². The Bertz CT molecular complexity index is 47.7. The third-order valence-electron chi connectivity index (χ3n) is 1.36. The van der Waals surface area contributed by atoms with E-state index in [1.165, 1.54) is 25.7 Å². The molecule has 60 valence electrons. The summed E-state index contributed by atoms with van der Waals surface area (Å²) < 4.78 is 0. The van der Waals surface area contributed by atoms with Gasteiger partial charge < -0.3 is 11.1 Å². The van der Waals surface area contributed by atoms with Crippen LogP contribution in [-0.2, 0) is 0 Å². The quantitative estimate of drug-likeness (QED) is 0.399. The van der Waals surface area contributed by atoms with Crippen LogP contribution in [0.25, 0.3) is 0 Å². The van der Waals surface area contributed by atoms with Crippen molar-refractivity contribution in [3.8, 4) is 0 Å². The Hall–Kier alpha value is -0.0800. The second-order valence-electron chi connectivity index (χ2n) is 2.28. The maximum absolute atomic E-state index is 5.32. The Morgan fingerprint density at radius 3 is 2.44 bits per heavy atom. The number of rotatable bonds is 6. The molecule has 0 rings (SSSR count). The Balaban J connectivity index is -0.000000320. The van der Waals surface area contributed by atoms with Crippen molar-refractivity contribution in [2.24, 2.45) is 5.73 Å². The Morgan fingerprint density at radius 2 is 1.89 bits per heavy atom. The van der Waals surface area contributed by atoms with Crippen LogP contribution in [0, 0.1) is 7.05 Å². The van der Waals surface area contributed by atoms with Crippen LogP contribution < -0.4 is 11.1 Å². The van der Waals surface area contributed by atoms with Gasteiger partial charge in [-0.25, -0.2) is 0 Å². The molecule has 2 heteroatoms. The maximum Gasteiger partial charge on any atom is 0.0515 e. The summed E-state index contributed by atoms with van der Waals surface area (Å²) in [5, 5.41) is 1.97. The predicted molar refractivity (Wildman–Crippen MR) is 43.9 cm³/mol. The molecule has 0 fully saturated rings. The Labute approximate surface area is 60.8 Å². The molecule has 0 aliphatic rings. The first-order valence-corrected chi connectivity index (χ1v) is 3.72. The standard InChI is InChI=1S/C7H18N2.2H2/c1-9-7-5-3-2-4-6-8;;/h1-9H2;2*1H. The van der Waals surface area contributed by atoms with Gasteiger partial charge in [0.25, 0.3) is 0 Å². The highest BCUT2D eigenvalue weighted by Crippen LogP contribution is 1.95. The highest BCUT2D eigenvalue weighted by Gasteiger charge is 1.85. The molecule has 0 atom stereocenters. The van der Waals surface area contributed by atoms with Crippen LogP contribution in [0.5, 0.6) is 0 Å². The smallest absolute Gasteiger partial charge is 0.0515 e. The van der Waals surface area contributed by atoms with Crippen molar-refractivity contribution in [2.75, 3.05) is 13.1 Å². The molecule has 0 saturated carbocycles. The first-order chi connectivity index (χ1) is 4.41. The molecule has 0 amide bonds. The van der Waals surface area contributed by atoms with Crippen LogP contribution in [0.2, 0.25) is 0 Å². The Morgan fingerprint density at radius 1 is 1.22 bits per heavy atom. The molecular weight excluding hydrogens is 112 g/mol. The van der Waals surface area contributed by atoms with Gasteiger partial charge in [0.05, 0.1) is 6.54 Å². The van der Waals surface area contributed by atoms with Crippen LogP contribution in [0.4, 0.5) is 0 Å². The zero-order valence-corrected chi connectivity index (χ0v) is 6.10. The molecule has 4 N–H and O–H groups in total. The second-order valence-corrected chi connectivity index (χ2v) is 2.28. The van der Waals surface area contributed by atoms with Gasteiger partial charge in [0.15, 0.2) is 0 Å². The van der Waals surface area contributed by atoms with Crippen LogP contribution in [-0.4, -0.2) is 13.1 Å². The Kier molecular flexibility index (Phi) is 7.85. The van der Waals surface area contributed by atoms with Crippen molar-refractivity contribution in [1.82, 2.24) is 0 Å². The molecule has 0 unspecified atom stereocenters. The van der Waals surface area contributed by atoms with Crippen molar-refractivity contribution in [1.29, 1.82) is 0 Å². The minimum absolute atomic E-state index is 0. The lowest BCUT2D eigenvalue weighted by Crippen LogP contribution is -2.76. The van der Waals surface area contributed by atoms with E-state index in [0.717, 1.165) is 13.1 Å². The van der Waals surface area contributed by atoms with Crippen LogP contribution in [0.3, 0.4) is 0 Å². The SMILES string of the molecule is [CH2-][NH2+]CCCCCCN.[HH].[HH]. The van der Waals surface area contributed by atoms with Gasteiger partial charge in [-0.15, -0.1) is 0 Å². The first-order valence-electron chi connectivity index (χ1n) is 3.72. The molecular formula is C7H22N2. The maximum atomic E-state index is 5.32. The summed E-state index contributed by atoms with van der Waals surface area (Å²) in [6, 6.07) is 0. The van der Waals surface area contributed by atoms with E-state index < -0.39 is 0 Å². The molecule has 0 aromatic carbocycles. The summed E-state index contributed by atoms with van der Waals surface area (Å²) in [7, 11) is 3.65. The molecule has 0 aromatic rings. The lowest BCUT2D eigenvalue weighted by Gasteiger charge is -1.98. The zero-order valence-electron chi connectivity index (χ0n) is 6.10. The van der Waals surface area contributed by atoms with Crippen LogP contribution in [0.1, 0.15) is 28.5 Å². The van der Waals surface area contributed by atoms with E-state index in [1.807, 2.05) is 5.32 Å². The van der Waals surface area contributed by atoms with Gasteiger partial charge in [0.2, 0.25) is 0 Å². The van der Waals surface area contributed by atoms with Gasteiger partial charge in [-0.05, 0) is 25.8 Å². The summed E-state index contributed by atoms with van der Waals surface area (Å²) in [4.78, 5) is 0. The molecule has 0 aliphatic heterocycles. The normalized spacial score (nSPS) is 10.0. The minimum atomic E-state index is 0. The molecule has 0 aromatic heterocycles. The fraction of sp³-hybridized carbons (Fsp3) is 0.857. The van der Waals surface area contributed by atoms with Crippen LogP contribution in [0.15, 0.2) is 0 Å². The third-order valence-corrected chi connectivity index (χ3v) is 1.36. The van der Waals surface area contributed by atoms with Crippen LogP contribution >= 0.6 is 0 Å². The molecule has 0 heterocycles. The summed E-state index contributed by atoms with van der Waals surface area (Å²) in [6.45, 7) is 2.00. The summed E-state index contributed by atoms with van der Waals surface area (Å²) >= 11 is 0. The van der Waals surface area contributed by atoms with Gasteiger partial charge in [-0.3, -0.25) is 0 Å². The van der Waals surface area contributed by atoms with Crippen molar-refractivity contribution < 1.29 is 8.17 Å². The summed E-state index contributed by atoms with van der Waals surface area (Å²) in [5.41, 5.74) is 5.32. The zero-order chi connectivity index (χ0) is 6.95. The number of unbranched alkanes of at least 4 members (excludes halogenated alkanes) is 3. The van der Waals surface area contributed by atoms with Gasteiger partial charge >= 0.3 is 0 Å². The van der Waals surface area contributed by atoms with E-state index in [9.17, 15) is 0 Å². The second kappa shape index (κ2) is 7.92. The largest absolute Gasteiger partial charge is 0.479 e. The lowest BCUT2D eigenvalue weighted by molar-refractivity contribution is -0.595. The number of hydrogen-bond acceptors (Lipinski definition) is 1. The lowest BCUT2D eigenvalue weighted by atomic mass is 10.2. The summed E-state index contributed by atoms with van der Waals surface area (Å²) in [5.74, 6) is 0. The molecule has 0 saturated heterocycles. The fourth-order valence-corrected chi connectivity index (χ4v) is 0.787. The monoisotopic (exact) mass is 134 g/mol. The summed E-state index contributed by atoms with van der Waals surface area (Å²) in [6.07, 6.45) is 5.05. The van der Waals surface area contributed by atoms with E-state index in [0.29, 0.717) is 0 Å². The third kappa shape index (κ3) is 7.92. The average Bonchev–Trinajstić information content (AvgIpc) is 1.89. The average molecular weight is 134 g/mol. The molecule has 9 heavy (non-hydrogen) atoms. The predicted octanol–water partition coefficient (Wildman–Crippen LogP) is 0.352. The number of nitrogens with two attached hydrogens (primary N) is 2. The van der Waals surface area contributed by atoms with E-state index in [1.54, 1.807) is 0 Å². The van der Waals surface area contributed by atoms with Crippen molar-refractivity contribution in [3.05, 3.63) is 7.05 Å². The van der Waals surface area contributed by atoms with Gasteiger partial charge in [-0.2, -0.15) is 7.05 Å². The first kappa shape index (κ1) is 8.92. The van der Waals surface area contributed by atoms with Crippen molar-refractivity contribution >= 4 is 0 Å². The van der Waals surface area contributed by atoms with Gasteiger partial charge in [-0.1, -0.05) is 6.42 Å². The molecule has 0 bridgehead atoms. The fourth-order valence-electron chi connectivity index (χ4n) is 0.787. The number of hydrogen-bond donors (Lipinski definition) is 2. The minimum Gasteiger partial charge on any atom is -0.479 e. The highest BCUT2D eigenvalue weighted by atomic mass is 14.8. The highest BCUT2D eigenvalue weighted by molar-refractivity contribution is 4.41. The van der Waals surface area contributed by atoms with E-state index in [-0.39, 0.29) is 2.85 Å². The van der Waals surface area contributed by atoms with E-state index >= 15 is 0 Å². The number of quaternary nitrogens is 1. The van der Waals surface area contributed by atoms with Crippen molar-refractivity contribution in [2.45, 2.75) is 25.7 Å². The molecule has 0 aliphatic carbocycles.